The summed E-state index contributed by atoms with van der Waals surface area (Å²) in [6, 6.07) is 0. The summed E-state index contributed by atoms with van der Waals surface area (Å²) in [7, 11) is 4.91. The maximum Gasteiger partial charge on any atom is 0.233 e. The normalized spacial score (nSPS) is 10.0. The molecule has 104 valence electrons. The standard InChI is InChI=1S/C11H22N4O3/c1-12-9(16)4-5-10(17)14-6-7-15(3)8-11(18)13-2/h4-8H2,1-3H3,(H,12,16)(H,13,18)(H,14,17). The minimum Gasteiger partial charge on any atom is -0.359 e. The molecule has 0 fully saturated rings. The number of nitrogens with zero attached hydrogens (tertiary/aromatic N) is 1. The van der Waals surface area contributed by atoms with Gasteiger partial charge in [-0.15, -0.1) is 0 Å². The fourth-order valence-corrected chi connectivity index (χ4v) is 1.23. The van der Waals surface area contributed by atoms with Crippen molar-refractivity contribution in [2.24, 2.45) is 0 Å². The number of likely N-dealkylation sites (N-methyl/N-ethyl adjacent to an activating group) is 2. The van der Waals surface area contributed by atoms with Crippen molar-refractivity contribution in [2.75, 3.05) is 40.8 Å². The lowest BCUT2D eigenvalue weighted by molar-refractivity contribution is -0.126. The van der Waals surface area contributed by atoms with Crippen LogP contribution in [0.25, 0.3) is 0 Å². The average molecular weight is 258 g/mol. The van der Waals surface area contributed by atoms with Crippen molar-refractivity contribution in [3.8, 4) is 0 Å². The summed E-state index contributed by atoms with van der Waals surface area (Å²) in [4.78, 5) is 35.1. The van der Waals surface area contributed by atoms with Gasteiger partial charge in [-0.2, -0.15) is 0 Å². The van der Waals surface area contributed by atoms with Gasteiger partial charge in [-0.05, 0) is 7.05 Å². The molecule has 0 aromatic heterocycles. The highest BCUT2D eigenvalue weighted by Gasteiger charge is 2.07. The van der Waals surface area contributed by atoms with Gasteiger partial charge in [0.1, 0.15) is 0 Å². The molecule has 0 saturated carbocycles. The number of hydrogen-bond donors (Lipinski definition) is 3. The first-order chi connectivity index (χ1) is 8.49. The highest BCUT2D eigenvalue weighted by Crippen LogP contribution is 1.88. The number of hydrogen-bond acceptors (Lipinski definition) is 4. The molecule has 3 amide bonds. The quantitative estimate of drug-likeness (QED) is 0.484. The zero-order chi connectivity index (χ0) is 14.0. The fraction of sp³-hybridized carbons (Fsp3) is 0.727. The Hall–Kier alpha value is -1.63. The summed E-state index contributed by atoms with van der Waals surface area (Å²) >= 11 is 0. The highest BCUT2D eigenvalue weighted by molar-refractivity contribution is 5.83. The van der Waals surface area contributed by atoms with E-state index in [1.807, 2.05) is 0 Å². The van der Waals surface area contributed by atoms with Crippen LogP contribution in [0.5, 0.6) is 0 Å². The molecule has 0 aliphatic rings. The van der Waals surface area contributed by atoms with Crippen LogP contribution in [0, 0.1) is 0 Å². The SMILES string of the molecule is CNC(=O)CCC(=O)NCCN(C)CC(=O)NC. The third-order valence-electron chi connectivity index (χ3n) is 2.37. The molecule has 7 nitrogen and oxygen atoms in total. The lowest BCUT2D eigenvalue weighted by atomic mass is 10.3. The lowest BCUT2D eigenvalue weighted by Crippen LogP contribution is -2.38. The molecule has 18 heavy (non-hydrogen) atoms. The number of carbonyl (C=O) groups is 3. The molecule has 0 aromatic carbocycles. The Morgan fingerprint density at radius 1 is 0.944 bits per heavy atom. The predicted molar refractivity (Wildman–Crippen MR) is 67.9 cm³/mol. The molecule has 3 N–H and O–H groups in total. The number of nitrogens with one attached hydrogen (secondary N) is 3. The summed E-state index contributed by atoms with van der Waals surface area (Å²) < 4.78 is 0. The molecule has 7 heteroatoms. The van der Waals surface area contributed by atoms with Gasteiger partial charge in [-0.1, -0.05) is 0 Å². The maximum absolute atomic E-state index is 11.3. The van der Waals surface area contributed by atoms with Gasteiger partial charge in [0.2, 0.25) is 17.7 Å². The number of carbonyl (C=O) groups excluding carboxylic acids is 3. The molecule has 0 atom stereocenters. The van der Waals surface area contributed by atoms with Gasteiger partial charge in [0.15, 0.2) is 0 Å². The van der Waals surface area contributed by atoms with Crippen molar-refractivity contribution in [2.45, 2.75) is 12.8 Å². The first kappa shape index (κ1) is 16.4. The van der Waals surface area contributed by atoms with Crippen molar-refractivity contribution in [1.29, 1.82) is 0 Å². The second-order valence-corrected chi connectivity index (χ2v) is 3.93. The van der Waals surface area contributed by atoms with Gasteiger partial charge >= 0.3 is 0 Å². The molecule has 0 aliphatic carbocycles. The first-order valence-corrected chi connectivity index (χ1v) is 5.86. The van der Waals surface area contributed by atoms with Crippen LogP contribution in [0.4, 0.5) is 0 Å². The predicted octanol–water partition coefficient (Wildman–Crippen LogP) is -1.69. The van der Waals surface area contributed by atoms with E-state index in [0.29, 0.717) is 19.6 Å². The summed E-state index contributed by atoms with van der Waals surface area (Å²) in [5.41, 5.74) is 0. The van der Waals surface area contributed by atoms with E-state index in [0.717, 1.165) is 0 Å². The highest BCUT2D eigenvalue weighted by atomic mass is 16.2. The van der Waals surface area contributed by atoms with Crippen LogP contribution in [-0.4, -0.2) is 63.4 Å². The van der Waals surface area contributed by atoms with Crippen molar-refractivity contribution in [1.82, 2.24) is 20.9 Å². The van der Waals surface area contributed by atoms with Crippen LogP contribution in [0.2, 0.25) is 0 Å². The van der Waals surface area contributed by atoms with E-state index < -0.39 is 0 Å². The zero-order valence-electron chi connectivity index (χ0n) is 11.2. The Kier molecular flexibility index (Phi) is 8.55. The van der Waals surface area contributed by atoms with Crippen LogP contribution >= 0.6 is 0 Å². The largest absolute Gasteiger partial charge is 0.359 e. The van der Waals surface area contributed by atoms with Crippen molar-refractivity contribution in [3.63, 3.8) is 0 Å². The van der Waals surface area contributed by atoms with Gasteiger partial charge in [0.25, 0.3) is 0 Å². The van der Waals surface area contributed by atoms with Crippen LogP contribution < -0.4 is 16.0 Å². The summed E-state index contributed by atoms with van der Waals surface area (Å²) in [5.74, 6) is -0.378. The molecule has 0 heterocycles. The molecule has 0 radical (unpaired) electrons. The third-order valence-corrected chi connectivity index (χ3v) is 2.37. The number of rotatable bonds is 8. The molecular weight excluding hydrogens is 236 g/mol. The van der Waals surface area contributed by atoms with Crippen LogP contribution in [-0.2, 0) is 14.4 Å². The minimum absolute atomic E-state index is 0.0663. The fourth-order valence-electron chi connectivity index (χ4n) is 1.23. The second kappa shape index (κ2) is 9.41. The molecular formula is C11H22N4O3. The van der Waals surface area contributed by atoms with Crippen LogP contribution in [0.1, 0.15) is 12.8 Å². The molecule has 0 spiro atoms. The van der Waals surface area contributed by atoms with E-state index in [9.17, 15) is 14.4 Å². The van der Waals surface area contributed by atoms with Gasteiger partial charge < -0.3 is 16.0 Å². The Labute approximate surface area is 107 Å². The van der Waals surface area contributed by atoms with Gasteiger partial charge in [-0.3, -0.25) is 19.3 Å². The van der Waals surface area contributed by atoms with Crippen LogP contribution in [0.3, 0.4) is 0 Å². The van der Waals surface area contributed by atoms with Gasteiger partial charge in [-0.25, -0.2) is 0 Å². The molecule has 0 rings (SSSR count). The molecule has 0 unspecified atom stereocenters. The smallest absolute Gasteiger partial charge is 0.233 e. The summed E-state index contributed by atoms with van der Waals surface area (Å²) in [5, 5.41) is 7.66. The summed E-state index contributed by atoms with van der Waals surface area (Å²) in [6.45, 7) is 1.34. The van der Waals surface area contributed by atoms with E-state index >= 15 is 0 Å². The summed E-state index contributed by atoms with van der Waals surface area (Å²) in [6.07, 6.45) is 0.370. The van der Waals surface area contributed by atoms with E-state index in [1.54, 1.807) is 19.0 Å². The first-order valence-electron chi connectivity index (χ1n) is 5.86. The van der Waals surface area contributed by atoms with E-state index in [2.05, 4.69) is 16.0 Å². The van der Waals surface area contributed by atoms with E-state index in [4.69, 9.17) is 0 Å². The molecule has 0 bridgehead atoms. The minimum atomic E-state index is -0.160. The third kappa shape index (κ3) is 8.51. The number of amides is 3. The van der Waals surface area contributed by atoms with Crippen molar-refractivity contribution < 1.29 is 14.4 Å². The Bertz CT molecular complexity index is 294. The van der Waals surface area contributed by atoms with Crippen LogP contribution in [0.15, 0.2) is 0 Å². The Morgan fingerprint density at radius 3 is 2.06 bits per heavy atom. The Morgan fingerprint density at radius 2 is 1.50 bits per heavy atom. The van der Waals surface area contributed by atoms with E-state index in [-0.39, 0.29) is 30.6 Å². The Balaban J connectivity index is 3.61. The molecule has 0 saturated heterocycles. The molecule has 0 aliphatic heterocycles. The average Bonchev–Trinajstić information content (AvgIpc) is 2.35. The monoisotopic (exact) mass is 258 g/mol. The maximum atomic E-state index is 11.3. The lowest BCUT2D eigenvalue weighted by Gasteiger charge is -2.15. The zero-order valence-corrected chi connectivity index (χ0v) is 11.2. The molecule has 0 aromatic rings. The van der Waals surface area contributed by atoms with Crippen molar-refractivity contribution >= 4 is 17.7 Å². The van der Waals surface area contributed by atoms with Gasteiger partial charge in [0.05, 0.1) is 6.54 Å². The van der Waals surface area contributed by atoms with Crippen molar-refractivity contribution in [3.05, 3.63) is 0 Å². The van der Waals surface area contributed by atoms with Gasteiger partial charge in [0, 0.05) is 40.0 Å². The van der Waals surface area contributed by atoms with E-state index in [1.165, 1.54) is 7.05 Å². The topological polar surface area (TPSA) is 90.5 Å². The second-order valence-electron chi connectivity index (χ2n) is 3.93.